The Morgan fingerprint density at radius 1 is 1.21 bits per heavy atom. The normalized spacial score (nSPS) is 11.6. The Morgan fingerprint density at radius 3 is 2.42 bits per heavy atom. The van der Waals surface area contributed by atoms with Gasteiger partial charge in [-0.05, 0) is 24.3 Å². The van der Waals surface area contributed by atoms with E-state index in [1.807, 2.05) is 17.8 Å². The Kier molecular flexibility index (Phi) is 3.78. The summed E-state index contributed by atoms with van der Waals surface area (Å²) in [5.74, 6) is 0.930. The average molecular weight is 269 g/mol. The summed E-state index contributed by atoms with van der Waals surface area (Å²) in [5.41, 5.74) is 0.0318. The second-order valence-electron chi connectivity index (χ2n) is 4.21. The Labute approximate surface area is 109 Å². The van der Waals surface area contributed by atoms with Gasteiger partial charge in [-0.1, -0.05) is 0 Å². The first kappa shape index (κ1) is 13.5. The molecular formula is C13H14F3N3. The van der Waals surface area contributed by atoms with E-state index in [0.29, 0.717) is 18.7 Å². The SMILES string of the molecule is Cn1ccnc1CCNc1ccc(C(F)(F)F)cc1. The van der Waals surface area contributed by atoms with Crippen LogP contribution in [0.1, 0.15) is 11.4 Å². The Bertz CT molecular complexity index is 529. The molecule has 0 saturated carbocycles. The van der Waals surface area contributed by atoms with Crippen LogP contribution in [0.3, 0.4) is 0 Å². The highest BCUT2D eigenvalue weighted by molar-refractivity contribution is 5.45. The Hall–Kier alpha value is -1.98. The molecule has 0 radical (unpaired) electrons. The van der Waals surface area contributed by atoms with Crippen molar-refractivity contribution < 1.29 is 13.2 Å². The van der Waals surface area contributed by atoms with E-state index in [2.05, 4.69) is 10.3 Å². The van der Waals surface area contributed by atoms with Gasteiger partial charge in [-0.3, -0.25) is 0 Å². The lowest BCUT2D eigenvalue weighted by Gasteiger charge is -2.09. The van der Waals surface area contributed by atoms with Gasteiger partial charge in [0, 0.05) is 38.1 Å². The predicted octanol–water partition coefficient (Wildman–Crippen LogP) is 3.09. The van der Waals surface area contributed by atoms with Crippen LogP contribution in [-0.2, 0) is 19.6 Å². The summed E-state index contributed by atoms with van der Waals surface area (Å²) in [6.07, 6.45) is -0.00305. The number of nitrogens with one attached hydrogen (secondary N) is 1. The quantitative estimate of drug-likeness (QED) is 0.924. The third-order valence-corrected chi connectivity index (χ3v) is 2.81. The lowest BCUT2D eigenvalue weighted by molar-refractivity contribution is -0.137. The van der Waals surface area contributed by atoms with Crippen molar-refractivity contribution in [2.45, 2.75) is 12.6 Å². The third kappa shape index (κ3) is 3.49. The molecule has 1 aromatic heterocycles. The van der Waals surface area contributed by atoms with Gasteiger partial charge in [0.25, 0.3) is 0 Å². The van der Waals surface area contributed by atoms with Crippen molar-refractivity contribution in [3.05, 3.63) is 48.0 Å². The number of rotatable bonds is 4. The van der Waals surface area contributed by atoms with Gasteiger partial charge in [-0.2, -0.15) is 13.2 Å². The molecule has 0 aliphatic carbocycles. The number of alkyl halides is 3. The third-order valence-electron chi connectivity index (χ3n) is 2.81. The van der Waals surface area contributed by atoms with Crippen LogP contribution in [0.2, 0.25) is 0 Å². The largest absolute Gasteiger partial charge is 0.416 e. The molecular weight excluding hydrogens is 255 g/mol. The number of anilines is 1. The fraction of sp³-hybridized carbons (Fsp3) is 0.308. The predicted molar refractivity (Wildman–Crippen MR) is 66.8 cm³/mol. The van der Waals surface area contributed by atoms with Crippen LogP contribution < -0.4 is 5.32 Å². The van der Waals surface area contributed by atoms with Gasteiger partial charge in [0.05, 0.1) is 5.56 Å². The molecule has 0 aliphatic heterocycles. The van der Waals surface area contributed by atoms with Crippen LogP contribution in [0, 0.1) is 0 Å². The van der Waals surface area contributed by atoms with Crippen molar-refractivity contribution in [3.63, 3.8) is 0 Å². The number of aromatic nitrogens is 2. The summed E-state index contributed by atoms with van der Waals surface area (Å²) in [6.45, 7) is 0.621. The molecule has 0 fully saturated rings. The molecule has 0 unspecified atom stereocenters. The van der Waals surface area contributed by atoms with Crippen LogP contribution in [0.5, 0.6) is 0 Å². The zero-order chi connectivity index (χ0) is 13.9. The van der Waals surface area contributed by atoms with E-state index in [4.69, 9.17) is 0 Å². The minimum Gasteiger partial charge on any atom is -0.385 e. The lowest BCUT2D eigenvalue weighted by Crippen LogP contribution is -2.09. The Morgan fingerprint density at radius 2 is 1.89 bits per heavy atom. The van der Waals surface area contributed by atoms with E-state index in [1.54, 1.807) is 6.20 Å². The summed E-state index contributed by atoms with van der Waals surface area (Å²) in [6, 6.07) is 5.01. The molecule has 0 spiro atoms. The average Bonchev–Trinajstić information content (AvgIpc) is 2.75. The molecule has 0 saturated heterocycles. The summed E-state index contributed by atoms with van der Waals surface area (Å²) in [4.78, 5) is 4.17. The zero-order valence-corrected chi connectivity index (χ0v) is 10.4. The molecule has 6 heteroatoms. The number of benzene rings is 1. The first-order valence-electron chi connectivity index (χ1n) is 5.84. The first-order chi connectivity index (χ1) is 8.97. The van der Waals surface area contributed by atoms with Crippen molar-refractivity contribution in [2.24, 2.45) is 7.05 Å². The van der Waals surface area contributed by atoms with E-state index in [-0.39, 0.29) is 0 Å². The molecule has 2 aromatic rings. The maximum Gasteiger partial charge on any atom is 0.416 e. The molecule has 1 heterocycles. The van der Waals surface area contributed by atoms with Crippen molar-refractivity contribution in [1.82, 2.24) is 9.55 Å². The topological polar surface area (TPSA) is 29.9 Å². The smallest absolute Gasteiger partial charge is 0.385 e. The second-order valence-corrected chi connectivity index (χ2v) is 4.21. The number of aryl methyl sites for hydroxylation is 1. The van der Waals surface area contributed by atoms with E-state index < -0.39 is 11.7 Å². The number of hydrogen-bond donors (Lipinski definition) is 1. The van der Waals surface area contributed by atoms with Gasteiger partial charge in [0.2, 0.25) is 0 Å². The fourth-order valence-electron chi connectivity index (χ4n) is 1.73. The molecule has 0 amide bonds. The minimum absolute atomic E-state index is 0.621. The van der Waals surface area contributed by atoms with Gasteiger partial charge in [0.1, 0.15) is 5.82 Å². The van der Waals surface area contributed by atoms with Crippen LogP contribution in [0.25, 0.3) is 0 Å². The van der Waals surface area contributed by atoms with Crippen molar-refractivity contribution in [2.75, 3.05) is 11.9 Å². The van der Waals surface area contributed by atoms with Gasteiger partial charge in [-0.15, -0.1) is 0 Å². The first-order valence-corrected chi connectivity index (χ1v) is 5.84. The Balaban J connectivity index is 1.89. The molecule has 0 aliphatic rings. The van der Waals surface area contributed by atoms with Crippen molar-refractivity contribution in [1.29, 1.82) is 0 Å². The standard InChI is InChI=1S/C13H14F3N3/c1-19-9-8-18-12(19)6-7-17-11-4-2-10(3-5-11)13(14,15)16/h2-5,8-9,17H,6-7H2,1H3. The highest BCUT2D eigenvalue weighted by Crippen LogP contribution is 2.29. The van der Waals surface area contributed by atoms with Crippen LogP contribution in [-0.4, -0.2) is 16.1 Å². The second kappa shape index (κ2) is 5.34. The number of nitrogens with zero attached hydrogens (tertiary/aromatic N) is 2. The minimum atomic E-state index is -4.29. The molecule has 0 atom stereocenters. The molecule has 0 bridgehead atoms. The number of imidazole rings is 1. The summed E-state index contributed by atoms with van der Waals surface area (Å²) < 4.78 is 39.0. The van der Waals surface area contributed by atoms with Gasteiger partial charge < -0.3 is 9.88 Å². The maximum atomic E-state index is 12.4. The zero-order valence-electron chi connectivity index (χ0n) is 10.4. The summed E-state index contributed by atoms with van der Waals surface area (Å²) in [7, 11) is 1.90. The molecule has 1 N–H and O–H groups in total. The highest BCUT2D eigenvalue weighted by atomic mass is 19.4. The maximum absolute atomic E-state index is 12.4. The number of hydrogen-bond acceptors (Lipinski definition) is 2. The molecule has 2 rings (SSSR count). The van der Waals surface area contributed by atoms with Crippen LogP contribution in [0.15, 0.2) is 36.7 Å². The van der Waals surface area contributed by atoms with E-state index in [1.165, 1.54) is 12.1 Å². The van der Waals surface area contributed by atoms with E-state index in [0.717, 1.165) is 18.0 Å². The summed E-state index contributed by atoms with van der Waals surface area (Å²) in [5, 5.41) is 3.07. The van der Waals surface area contributed by atoms with Crippen LogP contribution in [0.4, 0.5) is 18.9 Å². The van der Waals surface area contributed by atoms with Crippen LogP contribution >= 0.6 is 0 Å². The van der Waals surface area contributed by atoms with Gasteiger partial charge in [-0.25, -0.2) is 4.98 Å². The number of halogens is 3. The fourth-order valence-corrected chi connectivity index (χ4v) is 1.73. The monoisotopic (exact) mass is 269 g/mol. The molecule has 102 valence electrons. The van der Waals surface area contributed by atoms with Crippen molar-refractivity contribution >= 4 is 5.69 Å². The van der Waals surface area contributed by atoms with E-state index in [9.17, 15) is 13.2 Å². The lowest BCUT2D eigenvalue weighted by atomic mass is 10.2. The van der Waals surface area contributed by atoms with Gasteiger partial charge >= 0.3 is 6.18 Å². The van der Waals surface area contributed by atoms with Crippen molar-refractivity contribution in [3.8, 4) is 0 Å². The molecule has 1 aromatic carbocycles. The molecule has 3 nitrogen and oxygen atoms in total. The summed E-state index contributed by atoms with van der Waals surface area (Å²) >= 11 is 0. The van der Waals surface area contributed by atoms with E-state index >= 15 is 0 Å². The van der Waals surface area contributed by atoms with Gasteiger partial charge in [0.15, 0.2) is 0 Å². The highest BCUT2D eigenvalue weighted by Gasteiger charge is 2.29. The molecule has 19 heavy (non-hydrogen) atoms.